The highest BCUT2D eigenvalue weighted by Crippen LogP contribution is 2.25. The Morgan fingerprint density at radius 1 is 1.23 bits per heavy atom. The highest BCUT2D eigenvalue weighted by atomic mass is 35.5. The summed E-state index contributed by atoms with van der Waals surface area (Å²) in [7, 11) is 1.81. The van der Waals surface area contributed by atoms with Crippen LogP contribution in [0.4, 0.5) is 0 Å². The van der Waals surface area contributed by atoms with Gasteiger partial charge in [-0.3, -0.25) is 9.59 Å². The first-order valence-corrected chi connectivity index (χ1v) is 8.79. The van der Waals surface area contributed by atoms with Crippen LogP contribution in [0.25, 0.3) is 0 Å². The Balaban J connectivity index is 0.00000243. The first-order valence-electron chi connectivity index (χ1n) is 8.79. The highest BCUT2D eigenvalue weighted by molar-refractivity contribution is 5.99. The van der Waals surface area contributed by atoms with Crippen molar-refractivity contribution in [3.05, 3.63) is 58.9 Å². The maximum absolute atomic E-state index is 13.1. The maximum Gasteiger partial charge on any atom is 0.271 e. The lowest BCUT2D eigenvalue weighted by Crippen LogP contribution is -2.49. The molecule has 1 aliphatic heterocycles. The number of nitrogens with zero attached hydrogens (tertiary/aromatic N) is 2. The molecule has 1 saturated heterocycles. The fraction of sp³-hybridized carbons (Fsp3) is 0.400. The highest BCUT2D eigenvalue weighted by Gasteiger charge is 2.30. The van der Waals surface area contributed by atoms with E-state index < -0.39 is 0 Å². The third kappa shape index (κ3) is 4.00. The summed E-state index contributed by atoms with van der Waals surface area (Å²) < 4.78 is 1.75. The molecule has 140 valence electrons. The van der Waals surface area contributed by atoms with Crippen LogP contribution in [-0.4, -0.2) is 40.8 Å². The molecule has 3 rings (SSSR count). The summed E-state index contributed by atoms with van der Waals surface area (Å²) in [6.45, 7) is 5.82. The van der Waals surface area contributed by atoms with Crippen LogP contribution in [0.15, 0.2) is 36.5 Å². The van der Waals surface area contributed by atoms with Crippen molar-refractivity contribution in [2.75, 3.05) is 19.6 Å². The Bertz CT molecular complexity index is 783. The lowest BCUT2D eigenvalue weighted by molar-refractivity contribution is 0.0624. The first-order chi connectivity index (χ1) is 12.0. The topological polar surface area (TPSA) is 54.3 Å². The van der Waals surface area contributed by atoms with E-state index in [4.69, 9.17) is 0 Å². The number of rotatable bonds is 4. The molecule has 0 saturated carbocycles. The second kappa shape index (κ2) is 8.52. The van der Waals surface area contributed by atoms with Crippen molar-refractivity contribution in [2.24, 2.45) is 7.05 Å². The van der Waals surface area contributed by atoms with Gasteiger partial charge < -0.3 is 14.8 Å². The second-order valence-electron chi connectivity index (χ2n) is 6.59. The lowest BCUT2D eigenvalue weighted by Gasteiger charge is -2.36. The number of ketones is 1. The molecule has 0 spiro atoms. The molecule has 1 aromatic carbocycles. The zero-order valence-corrected chi connectivity index (χ0v) is 16.3. The van der Waals surface area contributed by atoms with E-state index in [0.29, 0.717) is 17.8 Å². The minimum atomic E-state index is -0.0268. The average Bonchev–Trinajstić information content (AvgIpc) is 3.03. The molecule has 1 amide bonds. The number of halogens is 1. The van der Waals surface area contributed by atoms with Gasteiger partial charge in [-0.05, 0) is 30.5 Å². The number of aromatic nitrogens is 1. The van der Waals surface area contributed by atoms with Gasteiger partial charge in [-0.2, -0.15) is 0 Å². The molecule has 0 aliphatic carbocycles. The zero-order valence-electron chi connectivity index (χ0n) is 15.5. The van der Waals surface area contributed by atoms with Crippen LogP contribution in [0, 0.1) is 0 Å². The molecule has 1 unspecified atom stereocenters. The Morgan fingerprint density at radius 3 is 2.50 bits per heavy atom. The molecule has 26 heavy (non-hydrogen) atoms. The van der Waals surface area contributed by atoms with Gasteiger partial charge in [-0.25, -0.2) is 0 Å². The quantitative estimate of drug-likeness (QED) is 0.836. The standard InChI is InChI=1S/C20H25N3O2.ClH/c1-4-15-5-7-16(8-6-15)19-12-21-9-10-23(19)20(25)18-11-17(14(2)24)13-22(18)3;/h5-8,11,13,19,21H,4,9-10,12H2,1-3H3;1H. The SMILES string of the molecule is CCc1ccc(C2CNCCN2C(=O)c2cc(C(C)=O)cn2C)cc1.Cl. The van der Waals surface area contributed by atoms with Crippen LogP contribution in [0.3, 0.4) is 0 Å². The summed E-state index contributed by atoms with van der Waals surface area (Å²) in [5, 5.41) is 3.38. The molecule has 1 aliphatic rings. The number of amides is 1. The van der Waals surface area contributed by atoms with Crippen molar-refractivity contribution < 1.29 is 9.59 Å². The van der Waals surface area contributed by atoms with Crippen LogP contribution < -0.4 is 5.32 Å². The molecule has 1 atom stereocenters. The van der Waals surface area contributed by atoms with Gasteiger partial charge in [0.2, 0.25) is 0 Å². The van der Waals surface area contributed by atoms with E-state index in [2.05, 4.69) is 36.5 Å². The molecule has 2 aromatic rings. The predicted octanol–water partition coefficient (Wildman–Crippen LogP) is 3.00. The van der Waals surface area contributed by atoms with Crippen LogP contribution in [0.1, 0.15) is 51.9 Å². The van der Waals surface area contributed by atoms with Crippen LogP contribution in [0.5, 0.6) is 0 Å². The van der Waals surface area contributed by atoms with Crippen LogP contribution in [-0.2, 0) is 13.5 Å². The van der Waals surface area contributed by atoms with E-state index in [0.717, 1.165) is 25.1 Å². The number of carbonyl (C=O) groups is 2. The van der Waals surface area contributed by atoms with Crippen LogP contribution >= 0.6 is 12.4 Å². The summed E-state index contributed by atoms with van der Waals surface area (Å²) >= 11 is 0. The Hall–Kier alpha value is -2.11. The molecule has 0 bridgehead atoms. The fourth-order valence-electron chi connectivity index (χ4n) is 3.34. The van der Waals surface area contributed by atoms with Crippen molar-refractivity contribution >= 4 is 24.1 Å². The van der Waals surface area contributed by atoms with E-state index in [1.165, 1.54) is 12.5 Å². The predicted molar refractivity (Wildman–Crippen MR) is 105 cm³/mol. The lowest BCUT2D eigenvalue weighted by atomic mass is 10.0. The van der Waals surface area contributed by atoms with E-state index in [1.54, 1.807) is 16.8 Å². The monoisotopic (exact) mass is 375 g/mol. The molecular weight excluding hydrogens is 350 g/mol. The first kappa shape index (κ1) is 20.2. The Labute approximate surface area is 160 Å². The van der Waals surface area contributed by atoms with Crippen molar-refractivity contribution in [3.63, 3.8) is 0 Å². The number of piperazine rings is 1. The summed E-state index contributed by atoms with van der Waals surface area (Å²) in [6, 6.07) is 10.2. The molecule has 0 radical (unpaired) electrons. The maximum atomic E-state index is 13.1. The molecule has 6 heteroatoms. The number of aryl methyl sites for hydroxylation is 2. The van der Waals surface area contributed by atoms with Crippen molar-refractivity contribution in [1.29, 1.82) is 0 Å². The van der Waals surface area contributed by atoms with Gasteiger partial charge in [-0.1, -0.05) is 31.2 Å². The minimum Gasteiger partial charge on any atom is -0.346 e. The smallest absolute Gasteiger partial charge is 0.271 e. The second-order valence-corrected chi connectivity index (χ2v) is 6.59. The Morgan fingerprint density at radius 2 is 1.92 bits per heavy atom. The normalized spacial score (nSPS) is 16.9. The number of nitrogens with one attached hydrogen (secondary N) is 1. The fourth-order valence-corrected chi connectivity index (χ4v) is 3.34. The van der Waals surface area contributed by atoms with Crippen LogP contribution in [0.2, 0.25) is 0 Å². The molecule has 1 aromatic heterocycles. The van der Waals surface area contributed by atoms with Gasteiger partial charge in [0.15, 0.2) is 5.78 Å². The van der Waals surface area contributed by atoms with Gasteiger partial charge in [0.1, 0.15) is 5.69 Å². The van der Waals surface area contributed by atoms with E-state index in [9.17, 15) is 9.59 Å². The summed E-state index contributed by atoms with van der Waals surface area (Å²) in [6.07, 6.45) is 2.73. The summed E-state index contributed by atoms with van der Waals surface area (Å²) in [4.78, 5) is 26.7. The molecule has 1 N–H and O–H groups in total. The van der Waals surface area contributed by atoms with Crippen molar-refractivity contribution in [3.8, 4) is 0 Å². The average molecular weight is 376 g/mol. The van der Waals surface area contributed by atoms with Gasteiger partial charge >= 0.3 is 0 Å². The zero-order chi connectivity index (χ0) is 18.0. The van der Waals surface area contributed by atoms with Crippen molar-refractivity contribution in [1.82, 2.24) is 14.8 Å². The number of hydrogen-bond acceptors (Lipinski definition) is 3. The number of benzene rings is 1. The summed E-state index contributed by atoms with van der Waals surface area (Å²) in [5.41, 5.74) is 3.56. The van der Waals surface area contributed by atoms with E-state index in [1.807, 2.05) is 11.9 Å². The van der Waals surface area contributed by atoms with Gasteiger partial charge in [0.25, 0.3) is 5.91 Å². The van der Waals surface area contributed by atoms with Gasteiger partial charge in [-0.15, -0.1) is 12.4 Å². The Kier molecular flexibility index (Phi) is 6.62. The summed E-state index contributed by atoms with van der Waals surface area (Å²) in [5.74, 6) is -0.0530. The third-order valence-corrected chi connectivity index (χ3v) is 4.91. The molecule has 5 nitrogen and oxygen atoms in total. The molecule has 2 heterocycles. The van der Waals surface area contributed by atoms with E-state index in [-0.39, 0.29) is 30.1 Å². The number of Topliss-reactive ketones (excluding diaryl/α,β-unsaturated/α-hetero) is 1. The van der Waals surface area contributed by atoms with Gasteiger partial charge in [0, 0.05) is 38.4 Å². The minimum absolute atomic E-state index is 0. The molecule has 1 fully saturated rings. The number of hydrogen-bond donors (Lipinski definition) is 1. The molecular formula is C20H26ClN3O2. The largest absolute Gasteiger partial charge is 0.346 e. The number of carbonyl (C=O) groups excluding carboxylic acids is 2. The van der Waals surface area contributed by atoms with Crippen molar-refractivity contribution in [2.45, 2.75) is 26.3 Å². The van der Waals surface area contributed by atoms with Gasteiger partial charge in [0.05, 0.1) is 6.04 Å². The van der Waals surface area contributed by atoms with E-state index >= 15 is 0 Å². The third-order valence-electron chi connectivity index (χ3n) is 4.91.